The van der Waals surface area contributed by atoms with E-state index in [0.717, 1.165) is 30.7 Å². The lowest BCUT2D eigenvalue weighted by Gasteiger charge is -2.12. The van der Waals surface area contributed by atoms with Crippen LogP contribution in [-0.2, 0) is 11.2 Å². The molecule has 1 heterocycles. The zero-order chi connectivity index (χ0) is 21.1. The molecule has 0 aliphatic heterocycles. The highest BCUT2D eigenvalue weighted by atomic mass is 32.1. The fourth-order valence-electron chi connectivity index (χ4n) is 2.55. The Bertz CT molecular complexity index is 810. The first-order valence-corrected chi connectivity index (χ1v) is 10.7. The van der Waals surface area contributed by atoms with Gasteiger partial charge < -0.3 is 14.8 Å². The van der Waals surface area contributed by atoms with Crippen LogP contribution in [0, 0.1) is 0 Å². The summed E-state index contributed by atoms with van der Waals surface area (Å²) in [7, 11) is 0. The third kappa shape index (κ3) is 7.34. The monoisotopic (exact) mass is 420 g/mol. The molecule has 0 aliphatic carbocycles. The Balaban J connectivity index is 1.86. The van der Waals surface area contributed by atoms with Gasteiger partial charge in [-0.3, -0.25) is 14.9 Å². The highest BCUT2D eigenvalue weighted by molar-refractivity contribution is 7.15. The van der Waals surface area contributed by atoms with Gasteiger partial charge in [-0.25, -0.2) is 0 Å². The summed E-state index contributed by atoms with van der Waals surface area (Å²) in [6.07, 6.45) is 4.20. The van der Waals surface area contributed by atoms with Crippen LogP contribution in [0.25, 0.3) is 0 Å². The molecule has 0 atom stereocenters. The van der Waals surface area contributed by atoms with Crippen molar-refractivity contribution in [2.24, 2.45) is 0 Å². The van der Waals surface area contributed by atoms with Crippen LogP contribution in [0.2, 0.25) is 0 Å². The summed E-state index contributed by atoms with van der Waals surface area (Å²) in [6, 6.07) is 4.92. The normalized spacial score (nSPS) is 10.4. The number of nitrogens with zero attached hydrogens (tertiary/aromatic N) is 2. The number of rotatable bonds is 12. The molecule has 1 aromatic carbocycles. The highest BCUT2D eigenvalue weighted by Gasteiger charge is 2.14. The molecular weight excluding hydrogens is 392 g/mol. The van der Waals surface area contributed by atoms with E-state index in [1.165, 1.54) is 11.3 Å². The van der Waals surface area contributed by atoms with Gasteiger partial charge in [0, 0.05) is 12.0 Å². The summed E-state index contributed by atoms with van der Waals surface area (Å²) < 4.78 is 11.0. The van der Waals surface area contributed by atoms with Crippen molar-refractivity contribution in [1.29, 1.82) is 0 Å². The number of aromatic nitrogens is 2. The molecule has 2 rings (SSSR count). The van der Waals surface area contributed by atoms with Crippen LogP contribution >= 0.6 is 11.3 Å². The summed E-state index contributed by atoms with van der Waals surface area (Å²) in [5.41, 5.74) is 0.388. The average molecular weight is 421 g/mol. The third-order valence-electron chi connectivity index (χ3n) is 3.92. The van der Waals surface area contributed by atoms with Crippen molar-refractivity contribution in [2.75, 3.05) is 25.1 Å². The van der Waals surface area contributed by atoms with E-state index in [1.54, 1.807) is 18.2 Å². The number of aryl methyl sites for hydroxylation is 1. The van der Waals surface area contributed by atoms with Crippen LogP contribution in [-0.4, -0.2) is 41.8 Å². The molecular formula is C20H28N4O4S. The van der Waals surface area contributed by atoms with Gasteiger partial charge in [-0.15, -0.1) is 10.2 Å². The second-order valence-electron chi connectivity index (χ2n) is 6.22. The Morgan fingerprint density at radius 2 is 1.79 bits per heavy atom. The fourth-order valence-corrected chi connectivity index (χ4v) is 3.35. The summed E-state index contributed by atoms with van der Waals surface area (Å²) in [6.45, 7) is 6.66. The molecule has 0 spiro atoms. The zero-order valence-corrected chi connectivity index (χ0v) is 17.9. The van der Waals surface area contributed by atoms with E-state index < -0.39 is 0 Å². The number of hydrogen-bond acceptors (Lipinski definition) is 7. The van der Waals surface area contributed by atoms with Crippen LogP contribution in [0.4, 0.5) is 5.13 Å². The van der Waals surface area contributed by atoms with Crippen molar-refractivity contribution in [2.45, 2.75) is 46.5 Å². The molecule has 158 valence electrons. The van der Waals surface area contributed by atoms with E-state index in [4.69, 9.17) is 9.47 Å². The second kappa shape index (κ2) is 12.0. The predicted molar refractivity (Wildman–Crippen MR) is 113 cm³/mol. The van der Waals surface area contributed by atoms with Crippen molar-refractivity contribution in [3.63, 3.8) is 0 Å². The SMILES string of the molecule is CCCCCc1nnc(NC(=O)CNC(=O)c2ccc(OCC)c(OCC)c2)s1. The van der Waals surface area contributed by atoms with Crippen LogP contribution in [0.3, 0.4) is 0 Å². The van der Waals surface area contributed by atoms with E-state index >= 15 is 0 Å². The largest absolute Gasteiger partial charge is 0.490 e. The number of benzene rings is 1. The number of carbonyl (C=O) groups excluding carboxylic acids is 2. The van der Waals surface area contributed by atoms with Gasteiger partial charge in [0.25, 0.3) is 5.91 Å². The first kappa shape index (κ1) is 22.6. The Labute approximate surface area is 175 Å². The molecule has 2 N–H and O–H groups in total. The first-order valence-electron chi connectivity index (χ1n) is 9.87. The minimum absolute atomic E-state index is 0.166. The van der Waals surface area contributed by atoms with Crippen LogP contribution in [0.15, 0.2) is 18.2 Å². The number of unbranched alkanes of at least 4 members (excludes halogenated alkanes) is 2. The molecule has 0 aliphatic rings. The molecule has 0 fully saturated rings. The van der Waals surface area contributed by atoms with Crippen molar-refractivity contribution in [3.05, 3.63) is 28.8 Å². The minimum atomic E-state index is -0.373. The van der Waals surface area contributed by atoms with Crippen molar-refractivity contribution in [3.8, 4) is 11.5 Å². The Kier molecular flexibility index (Phi) is 9.36. The van der Waals surface area contributed by atoms with Crippen LogP contribution in [0.5, 0.6) is 11.5 Å². The Morgan fingerprint density at radius 3 is 2.52 bits per heavy atom. The summed E-state index contributed by atoms with van der Waals surface area (Å²) in [5.74, 6) is 0.345. The average Bonchev–Trinajstić information content (AvgIpc) is 3.15. The number of ether oxygens (including phenoxy) is 2. The van der Waals surface area contributed by atoms with Crippen LogP contribution in [0.1, 0.15) is 55.4 Å². The lowest BCUT2D eigenvalue weighted by Crippen LogP contribution is -2.32. The van der Waals surface area contributed by atoms with Gasteiger partial charge >= 0.3 is 0 Å². The van der Waals surface area contributed by atoms with E-state index in [-0.39, 0.29) is 18.4 Å². The molecule has 0 saturated carbocycles. The quantitative estimate of drug-likeness (QED) is 0.510. The van der Waals surface area contributed by atoms with E-state index in [1.807, 2.05) is 13.8 Å². The number of carbonyl (C=O) groups is 2. The van der Waals surface area contributed by atoms with E-state index in [9.17, 15) is 9.59 Å². The Morgan fingerprint density at radius 1 is 1.03 bits per heavy atom. The summed E-state index contributed by atoms with van der Waals surface area (Å²) in [4.78, 5) is 24.5. The number of hydrogen-bond donors (Lipinski definition) is 2. The molecule has 0 unspecified atom stereocenters. The van der Waals surface area contributed by atoms with Crippen molar-refractivity contribution >= 4 is 28.3 Å². The van der Waals surface area contributed by atoms with Gasteiger partial charge in [-0.05, 0) is 38.5 Å². The maximum atomic E-state index is 12.4. The minimum Gasteiger partial charge on any atom is -0.490 e. The maximum Gasteiger partial charge on any atom is 0.251 e. The van der Waals surface area contributed by atoms with Gasteiger partial charge in [0.2, 0.25) is 11.0 Å². The lowest BCUT2D eigenvalue weighted by molar-refractivity contribution is -0.115. The maximum absolute atomic E-state index is 12.4. The van der Waals surface area contributed by atoms with E-state index in [0.29, 0.717) is 35.4 Å². The third-order valence-corrected chi connectivity index (χ3v) is 4.82. The van der Waals surface area contributed by atoms with Gasteiger partial charge in [0.15, 0.2) is 11.5 Å². The fraction of sp³-hybridized carbons (Fsp3) is 0.500. The van der Waals surface area contributed by atoms with Crippen LogP contribution < -0.4 is 20.1 Å². The van der Waals surface area contributed by atoms with Gasteiger partial charge in [-0.1, -0.05) is 31.1 Å². The standard InChI is InChI=1S/C20H28N4O4S/c1-4-7-8-9-18-23-24-20(29-18)22-17(25)13-21-19(26)14-10-11-15(27-5-2)16(12-14)28-6-3/h10-12H,4-9,13H2,1-3H3,(H,21,26)(H,22,24,25). The molecule has 29 heavy (non-hydrogen) atoms. The topological polar surface area (TPSA) is 102 Å². The number of anilines is 1. The number of nitrogens with one attached hydrogen (secondary N) is 2. The van der Waals surface area contributed by atoms with E-state index in [2.05, 4.69) is 27.8 Å². The van der Waals surface area contributed by atoms with Gasteiger partial charge in [0.05, 0.1) is 19.8 Å². The molecule has 0 saturated heterocycles. The smallest absolute Gasteiger partial charge is 0.251 e. The molecule has 8 nitrogen and oxygen atoms in total. The first-order chi connectivity index (χ1) is 14.1. The highest BCUT2D eigenvalue weighted by Crippen LogP contribution is 2.28. The number of amides is 2. The van der Waals surface area contributed by atoms with Gasteiger partial charge in [-0.2, -0.15) is 0 Å². The zero-order valence-electron chi connectivity index (χ0n) is 17.1. The molecule has 0 radical (unpaired) electrons. The van der Waals surface area contributed by atoms with Crippen molar-refractivity contribution < 1.29 is 19.1 Å². The Hall–Kier alpha value is -2.68. The molecule has 0 bridgehead atoms. The molecule has 2 aromatic rings. The van der Waals surface area contributed by atoms with Gasteiger partial charge in [0.1, 0.15) is 5.01 Å². The predicted octanol–water partition coefficient (Wildman–Crippen LogP) is 3.44. The molecule has 2 amide bonds. The van der Waals surface area contributed by atoms with Crippen molar-refractivity contribution in [1.82, 2.24) is 15.5 Å². The second-order valence-corrected chi connectivity index (χ2v) is 7.28. The summed E-state index contributed by atoms with van der Waals surface area (Å²) in [5, 5.41) is 14.6. The lowest BCUT2D eigenvalue weighted by atomic mass is 10.2. The molecule has 1 aromatic heterocycles. The summed E-state index contributed by atoms with van der Waals surface area (Å²) >= 11 is 1.36. The molecule has 9 heteroatoms.